The normalized spacial score (nSPS) is 12.5. The molecule has 1 unspecified atom stereocenters. The highest BCUT2D eigenvalue weighted by molar-refractivity contribution is 5.89. The highest BCUT2D eigenvalue weighted by atomic mass is 16.6. The lowest BCUT2D eigenvalue weighted by Crippen LogP contribution is -2.41. The first kappa shape index (κ1) is 17.4. The molecular formula is C13H23NO5. The van der Waals surface area contributed by atoms with Crippen LogP contribution in [0.4, 0.5) is 4.79 Å². The molecular weight excluding hydrogens is 250 g/mol. The standard InChI is InChI=1S/C13H23NO5/c1-6-18-11(16)8-7-10(15)9(2)14-12(17)19-13(3,4)5/h9H,6-8H2,1-5H3,(H,14,17). The third-order valence-electron chi connectivity index (χ3n) is 2.10. The Bertz CT molecular complexity index is 332. The zero-order valence-corrected chi connectivity index (χ0v) is 12.2. The van der Waals surface area contributed by atoms with E-state index < -0.39 is 23.7 Å². The van der Waals surface area contributed by atoms with Gasteiger partial charge in [-0.1, -0.05) is 0 Å². The maximum atomic E-state index is 11.7. The summed E-state index contributed by atoms with van der Waals surface area (Å²) in [5.74, 6) is -0.653. The monoisotopic (exact) mass is 273 g/mol. The fourth-order valence-corrected chi connectivity index (χ4v) is 1.24. The van der Waals surface area contributed by atoms with Crippen molar-refractivity contribution in [3.05, 3.63) is 0 Å². The fourth-order valence-electron chi connectivity index (χ4n) is 1.24. The van der Waals surface area contributed by atoms with Crippen LogP contribution in [0.2, 0.25) is 0 Å². The SMILES string of the molecule is CCOC(=O)CCC(=O)C(C)NC(=O)OC(C)(C)C. The van der Waals surface area contributed by atoms with Gasteiger partial charge in [0.2, 0.25) is 0 Å². The number of carbonyl (C=O) groups is 3. The van der Waals surface area contributed by atoms with Crippen LogP contribution in [-0.4, -0.2) is 36.1 Å². The first-order valence-electron chi connectivity index (χ1n) is 6.33. The van der Waals surface area contributed by atoms with Crippen molar-refractivity contribution in [2.24, 2.45) is 0 Å². The summed E-state index contributed by atoms with van der Waals surface area (Å²) < 4.78 is 9.74. The lowest BCUT2D eigenvalue weighted by atomic mass is 10.1. The summed E-state index contributed by atoms with van der Waals surface area (Å²) in [4.78, 5) is 34.2. The van der Waals surface area contributed by atoms with Crippen molar-refractivity contribution >= 4 is 17.8 Å². The Morgan fingerprint density at radius 3 is 2.21 bits per heavy atom. The largest absolute Gasteiger partial charge is 0.466 e. The molecule has 0 spiro atoms. The number of hydrogen-bond acceptors (Lipinski definition) is 5. The Morgan fingerprint density at radius 2 is 1.74 bits per heavy atom. The molecule has 0 rings (SSSR count). The van der Waals surface area contributed by atoms with Crippen LogP contribution in [0, 0.1) is 0 Å². The van der Waals surface area contributed by atoms with Gasteiger partial charge in [0.15, 0.2) is 5.78 Å². The average Bonchev–Trinajstić information content (AvgIpc) is 2.23. The second-order valence-electron chi connectivity index (χ2n) is 5.14. The van der Waals surface area contributed by atoms with Crippen molar-refractivity contribution in [2.75, 3.05) is 6.61 Å². The van der Waals surface area contributed by atoms with E-state index in [1.807, 2.05) is 0 Å². The number of ether oxygens (including phenoxy) is 2. The highest BCUT2D eigenvalue weighted by Crippen LogP contribution is 2.07. The molecule has 0 aliphatic carbocycles. The number of esters is 1. The van der Waals surface area contributed by atoms with Crippen LogP contribution in [0.15, 0.2) is 0 Å². The first-order valence-corrected chi connectivity index (χ1v) is 6.33. The Hall–Kier alpha value is -1.59. The van der Waals surface area contributed by atoms with Crippen molar-refractivity contribution in [3.63, 3.8) is 0 Å². The van der Waals surface area contributed by atoms with E-state index in [1.54, 1.807) is 34.6 Å². The van der Waals surface area contributed by atoms with Gasteiger partial charge in [0, 0.05) is 6.42 Å². The van der Waals surface area contributed by atoms with Crippen LogP contribution < -0.4 is 5.32 Å². The quantitative estimate of drug-likeness (QED) is 0.746. The van der Waals surface area contributed by atoms with E-state index >= 15 is 0 Å². The minimum atomic E-state index is -0.690. The maximum Gasteiger partial charge on any atom is 0.408 e. The zero-order chi connectivity index (χ0) is 15.1. The van der Waals surface area contributed by atoms with Gasteiger partial charge in [0.25, 0.3) is 0 Å². The van der Waals surface area contributed by atoms with Gasteiger partial charge < -0.3 is 14.8 Å². The Balaban J connectivity index is 4.07. The van der Waals surface area contributed by atoms with Crippen LogP contribution in [-0.2, 0) is 19.1 Å². The number of ketones is 1. The molecule has 0 saturated heterocycles. The molecule has 0 saturated carbocycles. The average molecular weight is 273 g/mol. The molecule has 0 aromatic rings. The maximum absolute atomic E-state index is 11.7. The molecule has 0 aromatic heterocycles. The zero-order valence-electron chi connectivity index (χ0n) is 12.2. The van der Waals surface area contributed by atoms with E-state index in [9.17, 15) is 14.4 Å². The fraction of sp³-hybridized carbons (Fsp3) is 0.769. The van der Waals surface area contributed by atoms with Crippen LogP contribution >= 0.6 is 0 Å². The van der Waals surface area contributed by atoms with Crippen molar-refractivity contribution in [1.82, 2.24) is 5.32 Å². The summed E-state index contributed by atoms with van der Waals surface area (Å²) in [5.41, 5.74) is -0.613. The molecule has 6 heteroatoms. The molecule has 6 nitrogen and oxygen atoms in total. The molecule has 0 bridgehead atoms. The second kappa shape index (κ2) is 7.76. The molecule has 0 fully saturated rings. The summed E-state index contributed by atoms with van der Waals surface area (Å²) in [5, 5.41) is 2.43. The van der Waals surface area contributed by atoms with Gasteiger partial charge >= 0.3 is 12.1 Å². The van der Waals surface area contributed by atoms with Gasteiger partial charge in [-0.05, 0) is 34.6 Å². The lowest BCUT2D eigenvalue weighted by Gasteiger charge is -2.21. The van der Waals surface area contributed by atoms with E-state index in [0.717, 1.165) is 0 Å². The Kier molecular flexibility index (Phi) is 7.11. The van der Waals surface area contributed by atoms with Gasteiger partial charge in [-0.3, -0.25) is 9.59 Å². The van der Waals surface area contributed by atoms with Crippen molar-refractivity contribution in [2.45, 2.75) is 59.1 Å². The predicted octanol–water partition coefficient (Wildman–Crippen LogP) is 1.81. The molecule has 0 aromatic carbocycles. The van der Waals surface area contributed by atoms with Gasteiger partial charge in [-0.25, -0.2) is 4.79 Å². The summed E-state index contributed by atoms with van der Waals surface area (Å²) in [7, 11) is 0. The number of nitrogens with one attached hydrogen (secondary N) is 1. The number of alkyl carbamates (subject to hydrolysis) is 1. The first-order chi connectivity index (χ1) is 8.65. The van der Waals surface area contributed by atoms with E-state index in [0.29, 0.717) is 6.61 Å². The van der Waals surface area contributed by atoms with Gasteiger partial charge in [-0.15, -0.1) is 0 Å². The van der Waals surface area contributed by atoms with Crippen molar-refractivity contribution < 1.29 is 23.9 Å². The smallest absolute Gasteiger partial charge is 0.408 e. The third kappa shape index (κ3) is 9.04. The van der Waals surface area contributed by atoms with Crippen LogP contribution in [0.25, 0.3) is 0 Å². The second-order valence-corrected chi connectivity index (χ2v) is 5.14. The van der Waals surface area contributed by atoms with E-state index in [2.05, 4.69) is 5.32 Å². The van der Waals surface area contributed by atoms with E-state index in [-0.39, 0.29) is 18.6 Å². The molecule has 19 heavy (non-hydrogen) atoms. The summed E-state index contributed by atoms with van der Waals surface area (Å²) in [6, 6.07) is -0.690. The molecule has 0 radical (unpaired) electrons. The Morgan fingerprint density at radius 1 is 1.16 bits per heavy atom. The van der Waals surface area contributed by atoms with Gasteiger partial charge in [-0.2, -0.15) is 0 Å². The summed E-state index contributed by atoms with van der Waals surface area (Å²) in [6.45, 7) is 8.75. The molecule has 1 atom stereocenters. The molecule has 0 aliphatic heterocycles. The predicted molar refractivity (Wildman–Crippen MR) is 69.7 cm³/mol. The summed E-state index contributed by atoms with van der Waals surface area (Å²) >= 11 is 0. The van der Waals surface area contributed by atoms with Crippen molar-refractivity contribution in [3.8, 4) is 0 Å². The van der Waals surface area contributed by atoms with Crippen LogP contribution in [0.5, 0.6) is 0 Å². The van der Waals surface area contributed by atoms with Gasteiger partial charge in [0.05, 0.1) is 19.1 Å². The summed E-state index contributed by atoms with van der Waals surface area (Å²) in [6.07, 6.45) is -0.590. The molecule has 1 N–H and O–H groups in total. The Labute approximate surface area is 113 Å². The van der Waals surface area contributed by atoms with Crippen LogP contribution in [0.1, 0.15) is 47.5 Å². The lowest BCUT2D eigenvalue weighted by molar-refractivity contribution is -0.144. The molecule has 110 valence electrons. The van der Waals surface area contributed by atoms with Crippen molar-refractivity contribution in [1.29, 1.82) is 0 Å². The topological polar surface area (TPSA) is 81.7 Å². The van der Waals surface area contributed by atoms with E-state index in [4.69, 9.17) is 9.47 Å². The number of rotatable bonds is 6. The molecule has 0 aliphatic rings. The number of carbonyl (C=O) groups excluding carboxylic acids is 3. The van der Waals surface area contributed by atoms with E-state index in [1.165, 1.54) is 0 Å². The molecule has 0 heterocycles. The number of hydrogen-bond donors (Lipinski definition) is 1. The number of Topliss-reactive ketones (excluding diaryl/α,β-unsaturated/α-hetero) is 1. The molecule has 1 amide bonds. The minimum Gasteiger partial charge on any atom is -0.466 e. The number of amides is 1. The highest BCUT2D eigenvalue weighted by Gasteiger charge is 2.21. The van der Waals surface area contributed by atoms with Crippen LogP contribution in [0.3, 0.4) is 0 Å². The minimum absolute atomic E-state index is 0.0208. The third-order valence-corrected chi connectivity index (χ3v) is 2.10. The van der Waals surface area contributed by atoms with Gasteiger partial charge in [0.1, 0.15) is 5.60 Å².